The van der Waals surface area contributed by atoms with Gasteiger partial charge in [0, 0.05) is 5.92 Å². The van der Waals surface area contributed by atoms with Crippen LogP contribution >= 0.6 is 0 Å². The zero-order valence-corrected chi connectivity index (χ0v) is 22.9. The zero-order valence-electron chi connectivity index (χ0n) is 22.9. The highest BCUT2D eigenvalue weighted by atomic mass is 16.4. The predicted molar refractivity (Wildman–Crippen MR) is 135 cm³/mol. The van der Waals surface area contributed by atoms with E-state index in [2.05, 4.69) is 47.6 Å². The van der Waals surface area contributed by atoms with Crippen molar-refractivity contribution in [2.45, 2.75) is 118 Å². The van der Waals surface area contributed by atoms with Gasteiger partial charge in [-0.05, 0) is 97.7 Å². The van der Waals surface area contributed by atoms with Gasteiger partial charge in [-0.1, -0.05) is 53.2 Å². The Balaban J connectivity index is 1.65. The van der Waals surface area contributed by atoms with Crippen LogP contribution in [0.4, 0.5) is 0 Å². The first kappa shape index (κ1) is 25.7. The molecule has 5 aliphatic rings. The van der Waals surface area contributed by atoms with Crippen molar-refractivity contribution in [1.82, 2.24) is 0 Å². The van der Waals surface area contributed by atoms with Gasteiger partial charge >= 0.3 is 5.97 Å². The van der Waals surface area contributed by atoms with E-state index in [4.69, 9.17) is 0 Å². The topological polar surface area (TPSA) is 98.0 Å². The highest BCUT2D eigenvalue weighted by Crippen LogP contribution is 2.76. The number of hydrogen-bond donors (Lipinski definition) is 4. The summed E-state index contributed by atoms with van der Waals surface area (Å²) in [4.78, 5) is 12.8. The van der Waals surface area contributed by atoms with Crippen LogP contribution in [0.5, 0.6) is 0 Å². The minimum Gasteiger partial charge on any atom is -0.481 e. The van der Waals surface area contributed by atoms with E-state index in [-0.39, 0.29) is 33.5 Å². The van der Waals surface area contributed by atoms with Gasteiger partial charge < -0.3 is 20.4 Å². The van der Waals surface area contributed by atoms with Gasteiger partial charge in [-0.25, -0.2) is 0 Å². The molecule has 0 radical (unpaired) electrons. The van der Waals surface area contributed by atoms with Gasteiger partial charge in [0.2, 0.25) is 0 Å². The van der Waals surface area contributed by atoms with E-state index < -0.39 is 29.2 Å². The maximum atomic E-state index is 12.8. The van der Waals surface area contributed by atoms with Gasteiger partial charge in [0.05, 0.1) is 23.2 Å². The lowest BCUT2D eigenvalue weighted by molar-refractivity contribution is -0.237. The largest absolute Gasteiger partial charge is 0.481 e. The molecule has 0 aromatic carbocycles. The van der Waals surface area contributed by atoms with E-state index in [0.717, 1.165) is 32.1 Å². The number of carboxylic acid groups (broad SMARTS) is 1. The zero-order chi connectivity index (χ0) is 26.0. The molecule has 0 heterocycles. The van der Waals surface area contributed by atoms with E-state index in [1.54, 1.807) is 0 Å². The van der Waals surface area contributed by atoms with E-state index in [1.807, 2.05) is 6.92 Å². The summed E-state index contributed by atoms with van der Waals surface area (Å²) in [5, 5.41) is 44.3. The maximum Gasteiger partial charge on any atom is 0.310 e. The molecule has 4 saturated carbocycles. The number of fused-ring (bicyclic) bond motifs is 7. The third-order valence-corrected chi connectivity index (χ3v) is 13.4. The summed E-state index contributed by atoms with van der Waals surface area (Å²) in [5.74, 6) is -0.394. The molecule has 0 bridgehead atoms. The number of hydrogen-bond acceptors (Lipinski definition) is 4. The Morgan fingerprint density at radius 1 is 0.943 bits per heavy atom. The molecular weight excluding hydrogens is 440 g/mol. The van der Waals surface area contributed by atoms with Gasteiger partial charge in [0.15, 0.2) is 0 Å². The number of carboxylic acids is 1. The highest BCUT2D eigenvalue weighted by molar-refractivity contribution is 5.77. The molecule has 5 nitrogen and oxygen atoms in total. The second-order valence-electron chi connectivity index (χ2n) is 14.9. The quantitative estimate of drug-likeness (QED) is 0.382. The number of aliphatic hydroxyl groups excluding tert-OH is 2. The average molecular weight is 489 g/mol. The number of allylic oxidation sites excluding steroid dienone is 1. The van der Waals surface area contributed by atoms with Gasteiger partial charge in [0.1, 0.15) is 0 Å². The summed E-state index contributed by atoms with van der Waals surface area (Å²) in [6.07, 6.45) is 7.21. The lowest BCUT2D eigenvalue weighted by Gasteiger charge is -2.72. The van der Waals surface area contributed by atoms with Crippen molar-refractivity contribution in [1.29, 1.82) is 0 Å². The van der Waals surface area contributed by atoms with Crippen LogP contribution in [0.25, 0.3) is 0 Å². The van der Waals surface area contributed by atoms with Gasteiger partial charge in [-0.2, -0.15) is 0 Å². The second-order valence-corrected chi connectivity index (χ2v) is 14.9. The molecule has 4 fully saturated rings. The van der Waals surface area contributed by atoms with Crippen molar-refractivity contribution in [2.24, 2.45) is 50.7 Å². The average Bonchev–Trinajstić information content (AvgIpc) is 2.75. The summed E-state index contributed by atoms with van der Waals surface area (Å²) in [5.41, 5.74) is -1.46. The molecule has 5 aliphatic carbocycles. The molecule has 5 rings (SSSR count). The Morgan fingerprint density at radius 3 is 2.23 bits per heavy atom. The van der Waals surface area contributed by atoms with Crippen molar-refractivity contribution >= 4 is 5.97 Å². The molecular formula is C30H48O5. The summed E-state index contributed by atoms with van der Waals surface area (Å²) in [6.45, 7) is 15.3. The number of rotatable bonds is 1. The van der Waals surface area contributed by atoms with Crippen LogP contribution in [-0.4, -0.2) is 44.2 Å². The number of carbonyl (C=O) groups is 1. The van der Waals surface area contributed by atoms with Gasteiger partial charge in [0.25, 0.3) is 0 Å². The Kier molecular flexibility index (Phi) is 5.40. The fraction of sp³-hybridized carbons (Fsp3) is 0.900. The maximum absolute atomic E-state index is 12.8. The molecule has 4 N–H and O–H groups in total. The lowest BCUT2D eigenvalue weighted by Crippen LogP contribution is -2.68. The Bertz CT molecular complexity index is 952. The summed E-state index contributed by atoms with van der Waals surface area (Å²) < 4.78 is 0. The van der Waals surface area contributed by atoms with E-state index in [1.165, 1.54) is 5.57 Å². The fourth-order valence-corrected chi connectivity index (χ4v) is 11.0. The SMILES string of the molecule is C[C@@H]1CC[C@]2(C(=O)O)CC[C@@]3(C)C(=CC[C@@H]4[C@@]5(C)C[C@@H](O)[C@@H](O)C(C)(C)[C@@H]5CC[C@]43C)[C@H]2[C@]1(C)O. The van der Waals surface area contributed by atoms with Crippen molar-refractivity contribution in [3.05, 3.63) is 11.6 Å². The Labute approximate surface area is 211 Å². The first-order valence-electron chi connectivity index (χ1n) is 14.0. The molecule has 0 aromatic rings. The van der Waals surface area contributed by atoms with Crippen LogP contribution in [0.15, 0.2) is 11.6 Å². The minimum atomic E-state index is -1.05. The standard InChI is InChI=1S/C30H48O5/c1-17-10-13-30(24(33)34)15-14-27(5)18(22(30)29(17,7)35)8-9-21-26(4)16-19(31)23(32)25(2,3)20(26)11-12-28(21,27)6/h8,17,19-23,31-32,35H,9-16H2,1-7H3,(H,33,34)/t17-,19-,20+,21-,22+,23-,26+,27+,28-,29-,30+/m1/s1. The molecule has 35 heavy (non-hydrogen) atoms. The summed E-state index contributed by atoms with van der Waals surface area (Å²) in [7, 11) is 0. The summed E-state index contributed by atoms with van der Waals surface area (Å²) in [6, 6.07) is 0. The fourth-order valence-electron chi connectivity index (χ4n) is 11.0. The Hall–Kier alpha value is -0.910. The molecule has 11 atom stereocenters. The minimum absolute atomic E-state index is 0.0535. The summed E-state index contributed by atoms with van der Waals surface area (Å²) >= 11 is 0. The van der Waals surface area contributed by atoms with Crippen LogP contribution in [0, 0.1) is 50.7 Å². The van der Waals surface area contributed by atoms with Crippen molar-refractivity contribution in [3.63, 3.8) is 0 Å². The lowest BCUT2D eigenvalue weighted by atomic mass is 9.33. The highest BCUT2D eigenvalue weighted by Gasteiger charge is 2.71. The third-order valence-electron chi connectivity index (χ3n) is 13.4. The monoisotopic (exact) mass is 488 g/mol. The molecule has 0 saturated heterocycles. The molecule has 5 heteroatoms. The van der Waals surface area contributed by atoms with Crippen molar-refractivity contribution in [3.8, 4) is 0 Å². The van der Waals surface area contributed by atoms with E-state index in [9.17, 15) is 25.2 Å². The Morgan fingerprint density at radius 2 is 1.60 bits per heavy atom. The van der Waals surface area contributed by atoms with Gasteiger partial charge in [-0.15, -0.1) is 0 Å². The van der Waals surface area contributed by atoms with E-state index in [0.29, 0.717) is 31.1 Å². The van der Waals surface area contributed by atoms with Crippen LogP contribution in [-0.2, 0) is 4.79 Å². The molecule has 0 spiro atoms. The smallest absolute Gasteiger partial charge is 0.310 e. The number of aliphatic carboxylic acids is 1. The molecule has 198 valence electrons. The molecule has 0 aliphatic heterocycles. The second kappa shape index (κ2) is 7.35. The number of aliphatic hydroxyl groups is 3. The van der Waals surface area contributed by atoms with Crippen LogP contribution in [0.1, 0.15) is 99.8 Å². The molecule has 0 aromatic heterocycles. The third kappa shape index (κ3) is 2.90. The van der Waals surface area contributed by atoms with Crippen molar-refractivity contribution < 1.29 is 25.2 Å². The van der Waals surface area contributed by atoms with Crippen LogP contribution in [0.3, 0.4) is 0 Å². The van der Waals surface area contributed by atoms with Crippen LogP contribution in [0.2, 0.25) is 0 Å². The predicted octanol–water partition coefficient (Wildman–Crippen LogP) is 5.18. The first-order chi connectivity index (χ1) is 16.0. The van der Waals surface area contributed by atoms with E-state index >= 15 is 0 Å². The van der Waals surface area contributed by atoms with Crippen LogP contribution < -0.4 is 0 Å². The molecule has 0 amide bonds. The van der Waals surface area contributed by atoms with Crippen molar-refractivity contribution in [2.75, 3.05) is 0 Å². The first-order valence-corrected chi connectivity index (χ1v) is 14.0. The van der Waals surface area contributed by atoms with Gasteiger partial charge in [-0.3, -0.25) is 4.79 Å². The normalized spacial score (nSPS) is 57.1. The molecule has 0 unspecified atom stereocenters.